The highest BCUT2D eigenvalue weighted by Crippen LogP contribution is 2.24. The van der Waals surface area contributed by atoms with Crippen LogP contribution in [0.5, 0.6) is 5.75 Å². The summed E-state index contributed by atoms with van der Waals surface area (Å²) in [6, 6.07) is 7.80. The van der Waals surface area contributed by atoms with Crippen LogP contribution in [0.25, 0.3) is 0 Å². The number of halogens is 1. The molecule has 3 rings (SSSR count). The van der Waals surface area contributed by atoms with Gasteiger partial charge in [0, 0.05) is 18.2 Å². The van der Waals surface area contributed by atoms with Crippen LogP contribution in [0.15, 0.2) is 24.3 Å². The van der Waals surface area contributed by atoms with Gasteiger partial charge in [-0.25, -0.2) is 0 Å². The van der Waals surface area contributed by atoms with Gasteiger partial charge >= 0.3 is 0 Å². The average molecular weight is 325 g/mol. The molecular formula is C17H25ClN2O2. The van der Waals surface area contributed by atoms with Crippen LogP contribution < -0.4 is 15.4 Å². The summed E-state index contributed by atoms with van der Waals surface area (Å²) in [4.78, 5) is 12.3. The van der Waals surface area contributed by atoms with Crippen LogP contribution in [0.3, 0.4) is 0 Å². The summed E-state index contributed by atoms with van der Waals surface area (Å²) in [5.74, 6) is 0.817. The topological polar surface area (TPSA) is 50.4 Å². The molecular weight excluding hydrogens is 300 g/mol. The van der Waals surface area contributed by atoms with E-state index in [1.165, 1.54) is 12.8 Å². The molecule has 2 aliphatic rings. The van der Waals surface area contributed by atoms with Crippen LogP contribution in [-0.2, 0) is 0 Å². The van der Waals surface area contributed by atoms with Gasteiger partial charge in [-0.3, -0.25) is 4.79 Å². The molecule has 0 spiro atoms. The number of piperidine rings is 1. The minimum atomic E-state index is 0. The van der Waals surface area contributed by atoms with Gasteiger partial charge in [-0.05, 0) is 63.3 Å². The van der Waals surface area contributed by atoms with Crippen LogP contribution in [0.2, 0.25) is 0 Å². The second-order valence-electron chi connectivity index (χ2n) is 6.07. The highest BCUT2D eigenvalue weighted by Gasteiger charge is 2.18. The molecule has 1 aliphatic carbocycles. The van der Waals surface area contributed by atoms with E-state index in [2.05, 4.69) is 10.6 Å². The van der Waals surface area contributed by atoms with E-state index in [4.69, 9.17) is 4.74 Å². The molecule has 22 heavy (non-hydrogen) atoms. The van der Waals surface area contributed by atoms with E-state index in [1.807, 2.05) is 24.3 Å². The smallest absolute Gasteiger partial charge is 0.251 e. The Balaban J connectivity index is 0.00000176. The zero-order valence-corrected chi connectivity index (χ0v) is 13.7. The van der Waals surface area contributed by atoms with Crippen molar-refractivity contribution in [2.75, 3.05) is 13.1 Å². The van der Waals surface area contributed by atoms with Gasteiger partial charge in [0.25, 0.3) is 5.91 Å². The molecule has 4 nitrogen and oxygen atoms in total. The second-order valence-corrected chi connectivity index (χ2v) is 6.07. The maximum absolute atomic E-state index is 12.3. The van der Waals surface area contributed by atoms with E-state index < -0.39 is 0 Å². The van der Waals surface area contributed by atoms with Crippen molar-refractivity contribution in [2.45, 2.75) is 50.7 Å². The summed E-state index contributed by atoms with van der Waals surface area (Å²) in [6.45, 7) is 1.92. The number of carbonyl (C=O) groups excluding carboxylic acids is 1. The predicted octanol–water partition coefficient (Wildman–Crippen LogP) is 2.91. The predicted molar refractivity (Wildman–Crippen MR) is 89.9 cm³/mol. The molecule has 1 saturated carbocycles. The molecule has 122 valence electrons. The number of hydrogen-bond acceptors (Lipinski definition) is 3. The van der Waals surface area contributed by atoms with Crippen molar-refractivity contribution in [3.8, 4) is 5.75 Å². The lowest BCUT2D eigenvalue weighted by Crippen LogP contribution is -2.45. The molecule has 1 amide bonds. The van der Waals surface area contributed by atoms with Crippen molar-refractivity contribution < 1.29 is 9.53 Å². The molecule has 0 radical (unpaired) electrons. The second kappa shape index (κ2) is 8.39. The largest absolute Gasteiger partial charge is 0.490 e. The number of ether oxygens (including phenoxy) is 1. The molecule has 1 heterocycles. The summed E-state index contributed by atoms with van der Waals surface area (Å²) in [6.07, 6.45) is 7.26. The van der Waals surface area contributed by atoms with E-state index >= 15 is 0 Å². The fourth-order valence-corrected chi connectivity index (χ4v) is 3.15. The van der Waals surface area contributed by atoms with Gasteiger partial charge in [-0.2, -0.15) is 0 Å². The molecule has 1 aromatic rings. The van der Waals surface area contributed by atoms with E-state index in [0.717, 1.165) is 44.5 Å². The number of rotatable bonds is 4. The van der Waals surface area contributed by atoms with E-state index in [9.17, 15) is 4.79 Å². The van der Waals surface area contributed by atoms with Gasteiger partial charge in [-0.15, -0.1) is 12.4 Å². The minimum absolute atomic E-state index is 0. The van der Waals surface area contributed by atoms with E-state index in [1.54, 1.807) is 0 Å². The Hall–Kier alpha value is -1.26. The summed E-state index contributed by atoms with van der Waals surface area (Å²) >= 11 is 0. The highest BCUT2D eigenvalue weighted by atomic mass is 35.5. The molecule has 1 unspecified atom stereocenters. The third-order valence-electron chi connectivity index (χ3n) is 4.33. The van der Waals surface area contributed by atoms with Crippen LogP contribution in [0.1, 0.15) is 48.9 Å². The average Bonchev–Trinajstić information content (AvgIpc) is 3.01. The number of carbonyl (C=O) groups is 1. The molecule has 2 fully saturated rings. The van der Waals surface area contributed by atoms with Gasteiger partial charge in [0.05, 0.1) is 6.10 Å². The maximum Gasteiger partial charge on any atom is 0.251 e. The summed E-state index contributed by atoms with van der Waals surface area (Å²) < 4.78 is 5.96. The zero-order valence-electron chi connectivity index (χ0n) is 12.8. The van der Waals surface area contributed by atoms with E-state index in [0.29, 0.717) is 11.7 Å². The molecule has 1 saturated heterocycles. The molecule has 1 atom stereocenters. The van der Waals surface area contributed by atoms with Gasteiger partial charge in [0.15, 0.2) is 0 Å². The van der Waals surface area contributed by atoms with Crippen LogP contribution in [0, 0.1) is 0 Å². The Kier molecular flexibility index (Phi) is 6.52. The van der Waals surface area contributed by atoms with Gasteiger partial charge in [0.2, 0.25) is 0 Å². The summed E-state index contributed by atoms with van der Waals surface area (Å²) in [7, 11) is 0. The van der Waals surface area contributed by atoms with Crippen molar-refractivity contribution in [3.05, 3.63) is 29.8 Å². The first kappa shape index (κ1) is 17.1. The van der Waals surface area contributed by atoms with Crippen molar-refractivity contribution in [2.24, 2.45) is 0 Å². The molecule has 0 bridgehead atoms. The molecule has 0 aromatic heterocycles. The van der Waals surface area contributed by atoms with Crippen LogP contribution in [-0.4, -0.2) is 31.1 Å². The first-order chi connectivity index (χ1) is 10.3. The van der Waals surface area contributed by atoms with E-state index in [-0.39, 0.29) is 24.4 Å². The standard InChI is InChI=1S/C17H24N2O2.ClH/c20-17(19-14-6-4-10-18-12-14)13-5-3-9-16(11-13)21-15-7-1-2-8-15;/h3,5,9,11,14-15,18H,1-2,4,6-8,10,12H2,(H,19,20);1H. The molecule has 1 aliphatic heterocycles. The highest BCUT2D eigenvalue weighted by molar-refractivity contribution is 5.94. The summed E-state index contributed by atoms with van der Waals surface area (Å²) in [5, 5.41) is 6.41. The first-order valence-corrected chi connectivity index (χ1v) is 8.09. The molecule has 1 aromatic carbocycles. The number of hydrogen-bond donors (Lipinski definition) is 2. The van der Waals surface area contributed by atoms with Gasteiger partial charge in [0.1, 0.15) is 5.75 Å². The van der Waals surface area contributed by atoms with Crippen molar-refractivity contribution >= 4 is 18.3 Å². The van der Waals surface area contributed by atoms with Crippen molar-refractivity contribution in [3.63, 3.8) is 0 Å². The van der Waals surface area contributed by atoms with Gasteiger partial charge < -0.3 is 15.4 Å². The first-order valence-electron chi connectivity index (χ1n) is 8.09. The number of nitrogens with one attached hydrogen (secondary N) is 2. The fraction of sp³-hybridized carbons (Fsp3) is 0.588. The third kappa shape index (κ3) is 4.62. The molecule has 2 N–H and O–H groups in total. The normalized spacial score (nSPS) is 21.9. The quantitative estimate of drug-likeness (QED) is 0.895. The Bertz CT molecular complexity index is 483. The lowest BCUT2D eigenvalue weighted by atomic mass is 10.1. The molecule has 5 heteroatoms. The Labute approximate surface area is 138 Å². The summed E-state index contributed by atoms with van der Waals surface area (Å²) in [5.41, 5.74) is 0.691. The zero-order chi connectivity index (χ0) is 14.5. The van der Waals surface area contributed by atoms with Crippen LogP contribution in [0.4, 0.5) is 0 Å². The Morgan fingerprint density at radius 2 is 2.00 bits per heavy atom. The lowest BCUT2D eigenvalue weighted by Gasteiger charge is -2.24. The Morgan fingerprint density at radius 1 is 1.18 bits per heavy atom. The van der Waals surface area contributed by atoms with Gasteiger partial charge in [-0.1, -0.05) is 6.07 Å². The van der Waals surface area contributed by atoms with Crippen LogP contribution >= 0.6 is 12.4 Å². The monoisotopic (exact) mass is 324 g/mol. The lowest BCUT2D eigenvalue weighted by molar-refractivity contribution is 0.0930. The number of amides is 1. The SMILES string of the molecule is Cl.O=C(NC1CCCNC1)c1cccc(OC2CCCC2)c1. The Morgan fingerprint density at radius 3 is 2.73 bits per heavy atom. The minimum Gasteiger partial charge on any atom is -0.490 e. The van der Waals surface area contributed by atoms with Crippen molar-refractivity contribution in [1.29, 1.82) is 0 Å². The third-order valence-corrected chi connectivity index (χ3v) is 4.33. The number of benzene rings is 1. The van der Waals surface area contributed by atoms with Crippen molar-refractivity contribution in [1.82, 2.24) is 10.6 Å². The fourth-order valence-electron chi connectivity index (χ4n) is 3.15. The maximum atomic E-state index is 12.3.